The van der Waals surface area contributed by atoms with E-state index in [4.69, 9.17) is 0 Å². The lowest BCUT2D eigenvalue weighted by molar-refractivity contribution is -0.141. The van der Waals surface area contributed by atoms with Gasteiger partial charge in [0.2, 0.25) is 0 Å². The molecule has 3 heterocycles. The lowest BCUT2D eigenvalue weighted by Crippen LogP contribution is -2.28. The van der Waals surface area contributed by atoms with E-state index in [1.54, 1.807) is 6.20 Å². The minimum Gasteiger partial charge on any atom is -0.370 e. The zero-order valence-corrected chi connectivity index (χ0v) is 19.2. The number of rotatable bonds is 6. The van der Waals surface area contributed by atoms with Gasteiger partial charge in [-0.2, -0.15) is 18.3 Å². The molecule has 2 N–H and O–H groups in total. The van der Waals surface area contributed by atoms with Gasteiger partial charge < -0.3 is 10.2 Å². The van der Waals surface area contributed by atoms with E-state index in [1.807, 2.05) is 25.1 Å². The Bertz CT molecular complexity index is 1280. The van der Waals surface area contributed by atoms with Gasteiger partial charge in [-0.3, -0.25) is 14.9 Å². The van der Waals surface area contributed by atoms with Crippen molar-refractivity contribution in [1.82, 2.24) is 20.1 Å². The van der Waals surface area contributed by atoms with E-state index in [2.05, 4.69) is 43.2 Å². The van der Waals surface area contributed by atoms with E-state index in [9.17, 15) is 18.0 Å². The number of allylic oxidation sites excluding steroid dienone is 2. The fourth-order valence-electron chi connectivity index (χ4n) is 4.02. The van der Waals surface area contributed by atoms with Crippen molar-refractivity contribution in [3.63, 3.8) is 0 Å². The van der Waals surface area contributed by atoms with Crippen molar-refractivity contribution < 1.29 is 18.0 Å². The van der Waals surface area contributed by atoms with Crippen molar-refractivity contribution in [3.8, 4) is 0 Å². The molecule has 35 heavy (non-hydrogen) atoms. The Morgan fingerprint density at radius 3 is 2.63 bits per heavy atom. The Hall–Kier alpha value is -3.95. The summed E-state index contributed by atoms with van der Waals surface area (Å²) in [6, 6.07) is 7.60. The van der Waals surface area contributed by atoms with Crippen LogP contribution in [0.2, 0.25) is 0 Å². The Morgan fingerprint density at radius 2 is 1.97 bits per heavy atom. The molecule has 0 unspecified atom stereocenters. The molecule has 0 aliphatic carbocycles. The number of halogens is 3. The van der Waals surface area contributed by atoms with Crippen LogP contribution in [0.3, 0.4) is 0 Å². The summed E-state index contributed by atoms with van der Waals surface area (Å²) in [7, 11) is 0. The van der Waals surface area contributed by atoms with Crippen LogP contribution in [-0.4, -0.2) is 45.8 Å². The molecule has 1 saturated heterocycles. The summed E-state index contributed by atoms with van der Waals surface area (Å²) in [5, 5.41) is 10.1. The van der Waals surface area contributed by atoms with Crippen LogP contribution in [0.1, 0.15) is 47.9 Å². The molecule has 182 valence electrons. The van der Waals surface area contributed by atoms with Crippen molar-refractivity contribution >= 4 is 34.8 Å². The number of fused-ring (bicyclic) bond motifs is 1. The monoisotopic (exact) mass is 482 g/mol. The van der Waals surface area contributed by atoms with Gasteiger partial charge in [0.15, 0.2) is 5.69 Å². The van der Waals surface area contributed by atoms with E-state index in [0.29, 0.717) is 10.9 Å². The Kier molecular flexibility index (Phi) is 6.99. The summed E-state index contributed by atoms with van der Waals surface area (Å²) < 4.78 is 38.2. The number of aromatic amines is 1. The molecule has 1 fully saturated rings. The van der Waals surface area contributed by atoms with Crippen molar-refractivity contribution in [2.24, 2.45) is 4.99 Å². The van der Waals surface area contributed by atoms with E-state index in [1.165, 1.54) is 6.42 Å². The minimum absolute atomic E-state index is 0.133. The van der Waals surface area contributed by atoms with Crippen molar-refractivity contribution in [3.05, 3.63) is 71.5 Å². The first-order valence-corrected chi connectivity index (χ1v) is 11.2. The van der Waals surface area contributed by atoms with Crippen LogP contribution >= 0.6 is 0 Å². The first-order chi connectivity index (χ1) is 16.8. The largest absolute Gasteiger partial charge is 0.433 e. The number of benzene rings is 1. The van der Waals surface area contributed by atoms with Gasteiger partial charge in [-0.1, -0.05) is 6.07 Å². The second-order valence-corrected chi connectivity index (χ2v) is 8.33. The molecule has 1 aromatic carbocycles. The average molecular weight is 483 g/mol. The highest BCUT2D eigenvalue weighted by Gasteiger charge is 2.32. The fraction of sp³-hybridized carbons (Fsp3) is 0.280. The van der Waals surface area contributed by atoms with E-state index in [-0.39, 0.29) is 11.4 Å². The summed E-state index contributed by atoms with van der Waals surface area (Å²) in [5.41, 5.74) is 2.77. The Labute approximate surface area is 200 Å². The standard InChI is InChI=1S/C25H25F3N6O/c1-16(12-19(15-29-2)34-10-4-3-5-11-34)17-6-8-21-20(13-17)23(33-32-21)24(35)31-18-7-9-22(30-14-18)25(26,27)28/h6-9,12-15H,2-5,10-11H2,1H3,(H,31,35)(H,32,33)/b16-12+,19-15+. The number of hydrogen-bond acceptors (Lipinski definition) is 5. The summed E-state index contributed by atoms with van der Waals surface area (Å²) in [6.07, 6.45) is 3.71. The van der Waals surface area contributed by atoms with Gasteiger partial charge in [-0.15, -0.1) is 0 Å². The van der Waals surface area contributed by atoms with E-state index >= 15 is 0 Å². The number of hydrogen-bond donors (Lipinski definition) is 2. The topological polar surface area (TPSA) is 86.3 Å². The normalized spacial score (nSPS) is 15.4. The maximum atomic E-state index is 12.8. The van der Waals surface area contributed by atoms with Crippen LogP contribution in [0.5, 0.6) is 0 Å². The Morgan fingerprint density at radius 1 is 1.20 bits per heavy atom. The van der Waals surface area contributed by atoms with Crippen molar-refractivity contribution in [2.75, 3.05) is 18.4 Å². The number of pyridine rings is 1. The first kappa shape index (κ1) is 24.2. The lowest BCUT2D eigenvalue weighted by Gasteiger charge is -2.29. The molecular formula is C25H25F3N6O. The second-order valence-electron chi connectivity index (χ2n) is 8.33. The molecular weight excluding hydrogens is 457 g/mol. The zero-order valence-electron chi connectivity index (χ0n) is 19.2. The van der Waals surface area contributed by atoms with Crippen LogP contribution in [0, 0.1) is 0 Å². The van der Waals surface area contributed by atoms with Gasteiger partial charge in [0, 0.05) is 24.7 Å². The molecule has 4 rings (SSSR count). The molecule has 7 nitrogen and oxygen atoms in total. The number of amides is 1. The quantitative estimate of drug-likeness (QED) is 0.351. The van der Waals surface area contributed by atoms with Crippen molar-refractivity contribution in [2.45, 2.75) is 32.4 Å². The van der Waals surface area contributed by atoms with Gasteiger partial charge in [0.1, 0.15) is 5.69 Å². The molecule has 3 aromatic rings. The average Bonchev–Trinajstić information content (AvgIpc) is 3.27. The highest BCUT2D eigenvalue weighted by molar-refractivity contribution is 6.11. The number of aromatic nitrogens is 3. The first-order valence-electron chi connectivity index (χ1n) is 11.2. The number of piperidine rings is 1. The third-order valence-corrected chi connectivity index (χ3v) is 5.85. The maximum absolute atomic E-state index is 12.8. The molecule has 0 radical (unpaired) electrons. The highest BCUT2D eigenvalue weighted by atomic mass is 19.4. The van der Waals surface area contributed by atoms with Crippen molar-refractivity contribution in [1.29, 1.82) is 0 Å². The number of anilines is 1. The van der Waals surface area contributed by atoms with Crippen LogP contribution in [0.4, 0.5) is 18.9 Å². The predicted molar refractivity (Wildman–Crippen MR) is 130 cm³/mol. The van der Waals surface area contributed by atoms with Gasteiger partial charge in [0.25, 0.3) is 5.91 Å². The third-order valence-electron chi connectivity index (χ3n) is 5.85. The van der Waals surface area contributed by atoms with E-state index < -0.39 is 17.8 Å². The number of carbonyl (C=O) groups is 1. The number of H-pyrrole nitrogens is 1. The zero-order chi connectivity index (χ0) is 25.0. The molecule has 10 heteroatoms. The van der Waals surface area contributed by atoms with Crippen LogP contribution in [-0.2, 0) is 6.18 Å². The Balaban J connectivity index is 1.58. The van der Waals surface area contributed by atoms with Gasteiger partial charge in [-0.05, 0) is 74.4 Å². The van der Waals surface area contributed by atoms with Crippen LogP contribution < -0.4 is 5.32 Å². The molecule has 0 bridgehead atoms. The number of nitrogens with one attached hydrogen (secondary N) is 2. The number of aliphatic imine (C=N–C) groups is 1. The number of carbonyl (C=O) groups excluding carboxylic acids is 1. The maximum Gasteiger partial charge on any atom is 0.433 e. The van der Waals surface area contributed by atoms with Crippen LogP contribution in [0.15, 0.2) is 59.5 Å². The molecule has 1 amide bonds. The molecule has 1 aliphatic rings. The summed E-state index contributed by atoms with van der Waals surface area (Å²) in [4.78, 5) is 22.4. The summed E-state index contributed by atoms with van der Waals surface area (Å²) >= 11 is 0. The lowest BCUT2D eigenvalue weighted by atomic mass is 10.0. The number of likely N-dealkylation sites (tertiary alicyclic amines) is 1. The molecule has 0 spiro atoms. The SMILES string of the molecule is C=N/C=C(\C=C(/C)c1ccc2[nH]nc(C(=O)Nc3ccc(C(F)(F)F)nc3)c2c1)N1CCCCC1. The smallest absolute Gasteiger partial charge is 0.370 e. The van der Waals surface area contributed by atoms with Gasteiger partial charge in [-0.25, -0.2) is 4.98 Å². The van der Waals surface area contributed by atoms with Crippen LogP contribution in [0.25, 0.3) is 16.5 Å². The van der Waals surface area contributed by atoms with E-state index in [0.717, 1.165) is 61.1 Å². The number of nitrogens with zero attached hydrogens (tertiary/aromatic N) is 4. The van der Waals surface area contributed by atoms with Gasteiger partial charge >= 0.3 is 6.18 Å². The third kappa shape index (κ3) is 5.59. The minimum atomic E-state index is -4.55. The molecule has 2 aromatic heterocycles. The fourth-order valence-corrected chi connectivity index (χ4v) is 4.02. The van der Waals surface area contributed by atoms with Gasteiger partial charge in [0.05, 0.1) is 23.1 Å². The molecule has 1 aliphatic heterocycles. The predicted octanol–water partition coefficient (Wildman–Crippen LogP) is 5.66. The molecule has 0 saturated carbocycles. The highest BCUT2D eigenvalue weighted by Crippen LogP contribution is 2.28. The second kappa shape index (κ2) is 10.1. The summed E-state index contributed by atoms with van der Waals surface area (Å²) in [6.45, 7) is 7.51. The summed E-state index contributed by atoms with van der Waals surface area (Å²) in [5.74, 6) is -0.554. The molecule has 0 atom stereocenters. The number of alkyl halides is 3.